The van der Waals surface area contributed by atoms with Crippen molar-refractivity contribution >= 4 is 34.5 Å². The lowest BCUT2D eigenvalue weighted by atomic mass is 9.75. The number of rotatable bonds is 5. The van der Waals surface area contributed by atoms with Crippen LogP contribution in [-0.2, 0) is 6.42 Å². The fourth-order valence-corrected chi connectivity index (χ4v) is 4.35. The molecule has 4 heteroatoms. The molecule has 1 aliphatic carbocycles. The smallest absolute Gasteiger partial charge is 0.0931 e. The van der Waals surface area contributed by atoms with Crippen molar-refractivity contribution in [1.82, 2.24) is 4.98 Å². The van der Waals surface area contributed by atoms with E-state index in [1.54, 1.807) is 11.3 Å². The van der Waals surface area contributed by atoms with Gasteiger partial charge in [0.05, 0.1) is 5.01 Å². The summed E-state index contributed by atoms with van der Waals surface area (Å²) in [7, 11) is 0. The molecule has 1 fully saturated rings. The first-order valence-electron chi connectivity index (χ1n) is 5.81. The molecule has 0 N–H and O–H groups in total. The third-order valence-corrected chi connectivity index (χ3v) is 5.58. The van der Waals surface area contributed by atoms with Crippen LogP contribution in [0.15, 0.2) is 11.6 Å². The Kier molecular flexibility index (Phi) is 4.51. The SMILES string of the molecule is ClCC(CCl)(Cc1nccs1)C1CCCC1. The monoisotopic (exact) mass is 277 g/mol. The third-order valence-electron chi connectivity index (χ3n) is 3.74. The highest BCUT2D eigenvalue weighted by molar-refractivity contribution is 7.09. The molecule has 1 saturated carbocycles. The maximum atomic E-state index is 6.21. The Balaban J connectivity index is 2.13. The predicted molar refractivity (Wildman–Crippen MR) is 71.6 cm³/mol. The predicted octanol–water partition coefficient (Wildman–Crippen LogP) is 4.34. The van der Waals surface area contributed by atoms with E-state index < -0.39 is 0 Å². The summed E-state index contributed by atoms with van der Waals surface area (Å²) < 4.78 is 0. The van der Waals surface area contributed by atoms with E-state index in [4.69, 9.17) is 23.2 Å². The molecule has 1 nitrogen and oxygen atoms in total. The van der Waals surface area contributed by atoms with Crippen LogP contribution < -0.4 is 0 Å². The van der Waals surface area contributed by atoms with Gasteiger partial charge in [-0.05, 0) is 18.8 Å². The van der Waals surface area contributed by atoms with Crippen molar-refractivity contribution in [3.8, 4) is 0 Å². The van der Waals surface area contributed by atoms with Crippen LogP contribution in [-0.4, -0.2) is 16.7 Å². The molecule has 0 amide bonds. The van der Waals surface area contributed by atoms with Gasteiger partial charge in [-0.1, -0.05) is 12.8 Å². The van der Waals surface area contributed by atoms with E-state index in [2.05, 4.69) is 4.98 Å². The molecule has 0 aromatic carbocycles. The minimum atomic E-state index is 0.0669. The van der Waals surface area contributed by atoms with Crippen molar-refractivity contribution in [3.05, 3.63) is 16.6 Å². The summed E-state index contributed by atoms with van der Waals surface area (Å²) in [6.07, 6.45) is 8.04. The van der Waals surface area contributed by atoms with Gasteiger partial charge in [-0.2, -0.15) is 0 Å². The Bertz CT molecular complexity index is 303. The van der Waals surface area contributed by atoms with Crippen molar-refractivity contribution in [1.29, 1.82) is 0 Å². The number of halogens is 2. The third kappa shape index (κ3) is 2.55. The maximum Gasteiger partial charge on any atom is 0.0931 e. The molecular formula is C12H17Cl2NS. The highest BCUT2D eigenvalue weighted by Crippen LogP contribution is 2.44. The van der Waals surface area contributed by atoms with E-state index in [0.29, 0.717) is 17.7 Å². The zero-order chi connectivity index (χ0) is 11.4. The molecule has 0 unspecified atom stereocenters. The quantitative estimate of drug-likeness (QED) is 0.730. The van der Waals surface area contributed by atoms with E-state index >= 15 is 0 Å². The lowest BCUT2D eigenvalue weighted by Gasteiger charge is -2.35. The summed E-state index contributed by atoms with van der Waals surface area (Å²) in [5.74, 6) is 1.99. The average Bonchev–Trinajstić information content (AvgIpc) is 2.99. The highest BCUT2D eigenvalue weighted by Gasteiger charge is 2.39. The van der Waals surface area contributed by atoms with Gasteiger partial charge in [0.15, 0.2) is 0 Å². The van der Waals surface area contributed by atoms with Crippen LogP contribution >= 0.6 is 34.5 Å². The molecule has 0 radical (unpaired) electrons. The van der Waals surface area contributed by atoms with Crippen molar-refractivity contribution in [2.45, 2.75) is 32.1 Å². The summed E-state index contributed by atoms with van der Waals surface area (Å²) in [5.41, 5.74) is 0.0669. The summed E-state index contributed by atoms with van der Waals surface area (Å²) >= 11 is 14.1. The first-order valence-corrected chi connectivity index (χ1v) is 7.76. The molecule has 1 aliphatic rings. The molecule has 0 aliphatic heterocycles. The van der Waals surface area contributed by atoms with Crippen LogP contribution in [0.2, 0.25) is 0 Å². The molecule has 1 aromatic heterocycles. The Morgan fingerprint density at radius 3 is 2.50 bits per heavy atom. The Hall–Kier alpha value is 0.210. The van der Waals surface area contributed by atoms with Gasteiger partial charge in [-0.25, -0.2) is 4.98 Å². The van der Waals surface area contributed by atoms with E-state index in [9.17, 15) is 0 Å². The first-order chi connectivity index (χ1) is 7.80. The van der Waals surface area contributed by atoms with E-state index in [1.165, 1.54) is 30.7 Å². The zero-order valence-electron chi connectivity index (χ0n) is 9.29. The second kappa shape index (κ2) is 5.70. The Morgan fingerprint density at radius 2 is 2.00 bits per heavy atom. The van der Waals surface area contributed by atoms with Gasteiger partial charge in [-0.15, -0.1) is 34.5 Å². The lowest BCUT2D eigenvalue weighted by molar-refractivity contribution is 0.225. The molecule has 16 heavy (non-hydrogen) atoms. The second-order valence-electron chi connectivity index (χ2n) is 4.71. The number of nitrogens with zero attached hydrogens (tertiary/aromatic N) is 1. The molecule has 0 bridgehead atoms. The van der Waals surface area contributed by atoms with E-state index in [1.807, 2.05) is 11.6 Å². The normalized spacial score (nSPS) is 18.1. The number of alkyl halides is 2. The first kappa shape index (κ1) is 12.7. The van der Waals surface area contributed by atoms with Gasteiger partial charge < -0.3 is 0 Å². The Labute approximate surface area is 111 Å². The van der Waals surface area contributed by atoms with E-state index in [-0.39, 0.29) is 5.41 Å². The van der Waals surface area contributed by atoms with Crippen LogP contribution in [0.5, 0.6) is 0 Å². The Morgan fingerprint density at radius 1 is 1.31 bits per heavy atom. The van der Waals surface area contributed by atoms with Gasteiger partial charge in [-0.3, -0.25) is 0 Å². The summed E-state index contributed by atoms with van der Waals surface area (Å²) in [6.45, 7) is 0. The van der Waals surface area contributed by atoms with Crippen molar-refractivity contribution < 1.29 is 0 Å². The summed E-state index contributed by atoms with van der Waals surface area (Å²) in [6, 6.07) is 0. The van der Waals surface area contributed by atoms with Gasteiger partial charge in [0, 0.05) is 35.2 Å². The number of hydrogen-bond donors (Lipinski definition) is 0. The molecule has 1 aromatic rings. The van der Waals surface area contributed by atoms with E-state index in [0.717, 1.165) is 6.42 Å². The molecule has 1 heterocycles. The standard InChI is InChI=1S/C12H17Cl2NS/c13-8-12(9-14,10-3-1-2-4-10)7-11-15-5-6-16-11/h5-6,10H,1-4,7-9H2. The number of aromatic nitrogens is 1. The largest absolute Gasteiger partial charge is 0.250 e. The number of thiazole rings is 1. The minimum absolute atomic E-state index is 0.0669. The maximum absolute atomic E-state index is 6.21. The van der Waals surface area contributed by atoms with Crippen LogP contribution in [0.3, 0.4) is 0 Å². The van der Waals surface area contributed by atoms with Gasteiger partial charge in [0.1, 0.15) is 0 Å². The van der Waals surface area contributed by atoms with Crippen LogP contribution in [0.25, 0.3) is 0 Å². The summed E-state index contributed by atoms with van der Waals surface area (Å²) in [4.78, 5) is 4.37. The van der Waals surface area contributed by atoms with Gasteiger partial charge >= 0.3 is 0 Å². The highest BCUT2D eigenvalue weighted by atomic mass is 35.5. The molecule has 0 spiro atoms. The average molecular weight is 278 g/mol. The number of hydrogen-bond acceptors (Lipinski definition) is 2. The van der Waals surface area contributed by atoms with Crippen molar-refractivity contribution in [2.24, 2.45) is 11.3 Å². The topological polar surface area (TPSA) is 12.9 Å². The zero-order valence-corrected chi connectivity index (χ0v) is 11.6. The van der Waals surface area contributed by atoms with Crippen molar-refractivity contribution in [2.75, 3.05) is 11.8 Å². The summed E-state index contributed by atoms with van der Waals surface area (Å²) in [5, 5.41) is 3.20. The molecule has 0 atom stereocenters. The molecule has 0 saturated heterocycles. The van der Waals surface area contributed by atoms with Gasteiger partial charge in [0.25, 0.3) is 0 Å². The molecule has 2 rings (SSSR count). The fraction of sp³-hybridized carbons (Fsp3) is 0.750. The second-order valence-corrected chi connectivity index (χ2v) is 6.23. The molecule has 90 valence electrons. The van der Waals surface area contributed by atoms with Crippen LogP contribution in [0.1, 0.15) is 30.7 Å². The molecular weight excluding hydrogens is 261 g/mol. The van der Waals surface area contributed by atoms with Gasteiger partial charge in [0.2, 0.25) is 0 Å². The van der Waals surface area contributed by atoms with Crippen molar-refractivity contribution in [3.63, 3.8) is 0 Å². The fourth-order valence-electron chi connectivity index (χ4n) is 2.67. The minimum Gasteiger partial charge on any atom is -0.250 e. The van der Waals surface area contributed by atoms with Crippen LogP contribution in [0, 0.1) is 11.3 Å². The van der Waals surface area contributed by atoms with Crippen LogP contribution in [0.4, 0.5) is 0 Å². The lowest BCUT2D eigenvalue weighted by Crippen LogP contribution is -2.35.